The number of para-hydroxylation sites is 2. The van der Waals surface area contributed by atoms with Crippen molar-refractivity contribution in [1.29, 1.82) is 0 Å². The van der Waals surface area contributed by atoms with E-state index in [4.69, 9.17) is 20.4 Å². The number of nitrogens with one attached hydrogen (secondary N) is 3. The summed E-state index contributed by atoms with van der Waals surface area (Å²) < 4.78 is 0. The van der Waals surface area contributed by atoms with Crippen LogP contribution in [0.1, 0.15) is 136 Å². The number of hydrogen-bond acceptors (Lipinski definition) is 9. The van der Waals surface area contributed by atoms with Gasteiger partial charge < -0.3 is 41.5 Å². The first-order valence-electron chi connectivity index (χ1n) is 16.9. The van der Waals surface area contributed by atoms with Crippen molar-refractivity contribution in [1.82, 2.24) is 0 Å². The topological polar surface area (TPSA) is 274 Å². The van der Waals surface area contributed by atoms with Gasteiger partial charge in [0.15, 0.2) is 5.78 Å². The number of phenolic OH excluding ortho intramolecular Hbond substituents is 1. The van der Waals surface area contributed by atoms with Gasteiger partial charge in [-0.2, -0.15) is 0 Å². The molecule has 64 heavy (non-hydrogen) atoms. The average molecular weight is 910 g/mol. The molecule has 0 fully saturated rings. The van der Waals surface area contributed by atoms with Crippen LogP contribution >= 0.6 is 0 Å². The lowest BCUT2D eigenvalue weighted by molar-refractivity contribution is -0.145. The minimum Gasteiger partial charge on any atom is -0.506 e. The molecule has 3 amide bonds. The molecule has 3 aromatic rings. The SMILES string of the molecule is C.C.C.C.C.C.C.C.C.CC(=O)c1ccc(NC(=O)C(C)C(C)C(=O)O)cc1.CC(C(=O)O)C(C)C(=O)Nc1ccc(C(=O)O)cc1.CC(C(=O)O)C(C)C(=O)Nc1ccccc1O. The van der Waals surface area contributed by atoms with Gasteiger partial charge in [-0.1, -0.05) is 121 Å². The van der Waals surface area contributed by atoms with Crippen molar-refractivity contribution < 1.29 is 63.9 Å². The highest BCUT2D eigenvalue weighted by molar-refractivity contribution is 5.98. The first kappa shape index (κ1) is 78.0. The molecule has 0 aromatic heterocycles. The lowest BCUT2D eigenvalue weighted by Gasteiger charge is -2.16. The summed E-state index contributed by atoms with van der Waals surface area (Å²) in [6, 6.07) is 18.4. The summed E-state index contributed by atoms with van der Waals surface area (Å²) in [6.07, 6.45) is 0. The molecule has 3 aromatic carbocycles. The number of anilines is 3. The van der Waals surface area contributed by atoms with Crippen LogP contribution in [0.3, 0.4) is 0 Å². The summed E-state index contributed by atoms with van der Waals surface area (Å²) in [5.74, 6) is -9.73. The number of aromatic carboxylic acids is 1. The first-order valence-corrected chi connectivity index (χ1v) is 16.9. The molecule has 0 aliphatic rings. The van der Waals surface area contributed by atoms with Crippen LogP contribution < -0.4 is 16.0 Å². The molecule has 368 valence electrons. The molecule has 0 bridgehead atoms. The second kappa shape index (κ2) is 37.0. The quantitative estimate of drug-likeness (QED) is 0.0553. The van der Waals surface area contributed by atoms with E-state index in [1.165, 1.54) is 71.9 Å². The van der Waals surface area contributed by atoms with E-state index in [9.17, 15) is 43.5 Å². The highest BCUT2D eigenvalue weighted by Crippen LogP contribution is 2.23. The van der Waals surface area contributed by atoms with Gasteiger partial charge in [0.05, 0.1) is 29.0 Å². The van der Waals surface area contributed by atoms with Gasteiger partial charge >= 0.3 is 23.9 Å². The summed E-state index contributed by atoms with van der Waals surface area (Å²) in [5.41, 5.74) is 1.93. The molecule has 0 aliphatic heterocycles. The van der Waals surface area contributed by atoms with E-state index < -0.39 is 71.2 Å². The highest BCUT2D eigenvalue weighted by Gasteiger charge is 2.28. The maximum absolute atomic E-state index is 11.8. The fourth-order valence-electron chi connectivity index (χ4n) is 4.15. The zero-order valence-electron chi connectivity index (χ0n) is 31.4. The predicted molar refractivity (Wildman–Crippen MR) is 262 cm³/mol. The van der Waals surface area contributed by atoms with Crippen LogP contribution in [-0.2, 0) is 28.8 Å². The van der Waals surface area contributed by atoms with Gasteiger partial charge in [-0.05, 0) is 67.6 Å². The first-order chi connectivity index (χ1) is 25.6. The van der Waals surface area contributed by atoms with Crippen molar-refractivity contribution in [3.8, 4) is 5.75 Å². The Hall–Kier alpha value is -6.58. The Morgan fingerprint density at radius 3 is 0.953 bits per heavy atom. The number of rotatable bonds is 14. The third kappa shape index (κ3) is 25.4. The Kier molecular flexibility index (Phi) is 45.1. The molecule has 6 atom stereocenters. The molecule has 6 unspecified atom stereocenters. The number of phenols is 1. The molecular weight excluding hydrogens is 827 g/mol. The Bertz CT molecular complexity index is 1750. The van der Waals surface area contributed by atoms with Gasteiger partial charge in [0.2, 0.25) is 17.7 Å². The predicted octanol–water partition coefficient (Wildman–Crippen LogP) is 11.3. The number of ketones is 1. The zero-order valence-corrected chi connectivity index (χ0v) is 31.4. The van der Waals surface area contributed by atoms with Gasteiger partial charge in [-0.25, -0.2) is 4.79 Å². The van der Waals surface area contributed by atoms with Crippen molar-refractivity contribution >= 4 is 64.4 Å². The number of amides is 3. The average Bonchev–Trinajstić information content (AvgIpc) is 3.14. The summed E-state index contributed by atoms with van der Waals surface area (Å²) in [7, 11) is 0. The lowest BCUT2D eigenvalue weighted by atomic mass is 9.95. The Labute approximate surface area is 383 Å². The van der Waals surface area contributed by atoms with Gasteiger partial charge in [0.25, 0.3) is 0 Å². The molecule has 0 saturated carbocycles. The number of carbonyl (C=O) groups excluding carboxylic acids is 4. The second-order valence-electron chi connectivity index (χ2n) is 12.7. The van der Waals surface area contributed by atoms with E-state index in [0.717, 1.165) is 0 Å². The van der Waals surface area contributed by atoms with E-state index in [1.807, 2.05) is 0 Å². The van der Waals surface area contributed by atoms with E-state index in [0.29, 0.717) is 16.9 Å². The summed E-state index contributed by atoms with van der Waals surface area (Å²) in [6.45, 7) is 10.5. The highest BCUT2D eigenvalue weighted by atomic mass is 16.4. The minimum atomic E-state index is -1.05. The summed E-state index contributed by atoms with van der Waals surface area (Å²) in [5, 5.41) is 52.3. The fraction of sp³-hybridized carbons (Fsp3) is 0.458. The number of carboxylic acid groups (broad SMARTS) is 4. The van der Waals surface area contributed by atoms with Crippen molar-refractivity contribution in [2.75, 3.05) is 16.0 Å². The monoisotopic (exact) mass is 910 g/mol. The van der Waals surface area contributed by atoms with Gasteiger partial charge in [-0.3, -0.25) is 33.6 Å². The zero-order chi connectivity index (χ0) is 42.2. The molecule has 0 aliphatic carbocycles. The Balaban J connectivity index is -0.0000000948. The van der Waals surface area contributed by atoms with E-state index in [-0.39, 0.29) is 95.5 Å². The molecule has 3 rings (SSSR count). The smallest absolute Gasteiger partial charge is 0.335 e. The third-order valence-electron chi connectivity index (χ3n) is 8.78. The number of aromatic hydroxyl groups is 1. The van der Waals surface area contributed by atoms with Crippen LogP contribution in [0.4, 0.5) is 17.1 Å². The van der Waals surface area contributed by atoms with Crippen molar-refractivity contribution in [2.45, 2.75) is 115 Å². The van der Waals surface area contributed by atoms with Crippen LogP contribution in [0.25, 0.3) is 0 Å². The van der Waals surface area contributed by atoms with Crippen LogP contribution in [0, 0.1) is 35.5 Å². The van der Waals surface area contributed by atoms with E-state index in [1.54, 1.807) is 49.4 Å². The largest absolute Gasteiger partial charge is 0.506 e. The fourth-order valence-corrected chi connectivity index (χ4v) is 4.15. The van der Waals surface area contributed by atoms with E-state index in [2.05, 4.69) is 16.0 Å². The van der Waals surface area contributed by atoms with Crippen LogP contribution in [-0.4, -0.2) is 72.9 Å². The third-order valence-corrected chi connectivity index (χ3v) is 8.78. The maximum Gasteiger partial charge on any atom is 0.335 e. The number of hydrogen-bond donors (Lipinski definition) is 8. The number of carbonyl (C=O) groups is 8. The van der Waals surface area contributed by atoms with Gasteiger partial charge in [0, 0.05) is 34.7 Å². The second-order valence-corrected chi connectivity index (χ2v) is 12.7. The minimum absolute atomic E-state index is 0. The maximum atomic E-state index is 11.8. The number of carboxylic acids is 4. The number of Topliss-reactive ketones (excluding diaryl/α,β-unsaturated/α-hetero) is 1. The molecule has 16 nitrogen and oxygen atoms in total. The molecule has 8 N–H and O–H groups in total. The molecule has 16 heteroatoms. The molecule has 0 spiro atoms. The summed E-state index contributed by atoms with van der Waals surface area (Å²) in [4.78, 5) is 89.4. The number of benzene rings is 3. The molecule has 0 heterocycles. The van der Waals surface area contributed by atoms with Crippen molar-refractivity contribution in [2.24, 2.45) is 35.5 Å². The van der Waals surface area contributed by atoms with Crippen molar-refractivity contribution in [3.63, 3.8) is 0 Å². The van der Waals surface area contributed by atoms with Crippen LogP contribution in [0.2, 0.25) is 0 Å². The molecular formula is C48H83N3O13. The summed E-state index contributed by atoms with van der Waals surface area (Å²) >= 11 is 0. The lowest BCUT2D eigenvalue weighted by Crippen LogP contribution is -2.29. The molecule has 0 saturated heterocycles. The van der Waals surface area contributed by atoms with E-state index >= 15 is 0 Å². The number of aliphatic carboxylic acids is 3. The van der Waals surface area contributed by atoms with Gasteiger partial charge in [-0.15, -0.1) is 0 Å². The molecule has 0 radical (unpaired) electrons. The Morgan fingerprint density at radius 1 is 0.406 bits per heavy atom. The Morgan fingerprint density at radius 2 is 0.688 bits per heavy atom. The standard InChI is InChI=1S/C14H17NO4.C13H15NO5.C12H15NO4.9CH4/c1-8(9(2)14(18)19)13(17)15-12-6-4-11(5-7-12)10(3)16;1-7(8(2)12(16)17)11(15)14-10-5-3-9(4-6-10)13(18)19;1-7(8(2)12(16)17)11(15)13-9-5-3-4-6-10(9)14;;;;;;;;;/h4-9H,1-3H3,(H,15,17)(H,18,19);3-8H,1-2H3,(H,14,15)(H,16,17)(H,18,19);3-8,14H,1-2H3,(H,13,15)(H,16,17);9*1H4. The van der Waals surface area contributed by atoms with Gasteiger partial charge in [0.1, 0.15) is 5.75 Å². The normalized spacial score (nSPS) is 11.6. The van der Waals surface area contributed by atoms with Crippen LogP contribution in [0.5, 0.6) is 5.75 Å². The van der Waals surface area contributed by atoms with Crippen LogP contribution in [0.15, 0.2) is 72.8 Å². The van der Waals surface area contributed by atoms with Crippen molar-refractivity contribution in [3.05, 3.63) is 83.9 Å².